The summed E-state index contributed by atoms with van der Waals surface area (Å²) in [6.07, 6.45) is 1.36. The third-order valence-electron chi connectivity index (χ3n) is 0.369. The number of nitrogens with zero attached hydrogens (tertiary/aromatic N) is 1. The van der Waals surface area contributed by atoms with Gasteiger partial charge in [-0.05, 0) is 0 Å². The zero-order chi connectivity index (χ0) is 5.54. The second-order valence-corrected chi connectivity index (χ2v) is 0.896. The maximum absolute atomic E-state index is 4.81. The third-order valence-corrected chi connectivity index (χ3v) is 0.369. The van der Waals surface area contributed by atoms with Crippen LogP contribution >= 0.6 is 0 Å². The van der Waals surface area contributed by atoms with E-state index in [9.17, 15) is 0 Å². The van der Waals surface area contributed by atoms with Crippen molar-refractivity contribution in [2.75, 3.05) is 13.8 Å². The second-order valence-electron chi connectivity index (χ2n) is 0.896. The molecular formula is C3H12N4O. The van der Waals surface area contributed by atoms with Crippen molar-refractivity contribution in [3.05, 3.63) is 0 Å². The number of hydrogen-bond acceptors (Lipinski definition) is 4. The molecule has 0 heterocycles. The topological polar surface area (TPSA) is 94.6 Å². The van der Waals surface area contributed by atoms with E-state index >= 15 is 0 Å². The van der Waals surface area contributed by atoms with Gasteiger partial charge in [0, 0.05) is 7.11 Å². The molecule has 0 aromatic carbocycles. The minimum atomic E-state index is 0. The van der Waals surface area contributed by atoms with Gasteiger partial charge in [0.25, 0.3) is 0 Å². The van der Waals surface area contributed by atoms with Crippen LogP contribution in [0.5, 0.6) is 0 Å². The number of ether oxygens (including phenoxy) is 1. The molecular weight excluding hydrogens is 108 g/mol. The molecule has 0 atom stereocenters. The lowest BCUT2D eigenvalue weighted by molar-refractivity contribution is 0.209. The average molecular weight is 120 g/mol. The summed E-state index contributed by atoms with van der Waals surface area (Å²) in [6.45, 7) is 0.351. The number of rotatable bonds is 3. The Morgan fingerprint density at radius 1 is 1.88 bits per heavy atom. The van der Waals surface area contributed by atoms with Crippen LogP contribution in [-0.2, 0) is 4.74 Å². The Morgan fingerprint density at radius 3 is 2.88 bits per heavy atom. The quantitative estimate of drug-likeness (QED) is 0.197. The minimum absolute atomic E-state index is 0. The Balaban J connectivity index is 0. The van der Waals surface area contributed by atoms with Crippen molar-refractivity contribution in [2.24, 2.45) is 10.8 Å². The highest BCUT2D eigenvalue weighted by Crippen LogP contribution is 1.62. The Bertz CT molecular complexity index is 55.2. The van der Waals surface area contributed by atoms with Crippen molar-refractivity contribution in [3.63, 3.8) is 0 Å². The minimum Gasteiger partial charge on any atom is -0.362 e. The van der Waals surface area contributed by atoms with Crippen LogP contribution in [0.3, 0.4) is 0 Å². The van der Waals surface area contributed by atoms with E-state index in [1.165, 1.54) is 6.34 Å². The van der Waals surface area contributed by atoms with Gasteiger partial charge in [-0.25, -0.2) is 10.8 Å². The molecule has 0 spiro atoms. The van der Waals surface area contributed by atoms with Gasteiger partial charge in [0.15, 0.2) is 0 Å². The van der Waals surface area contributed by atoms with Crippen LogP contribution in [-0.4, -0.2) is 20.2 Å². The lowest BCUT2D eigenvalue weighted by Crippen LogP contribution is -2.19. The van der Waals surface area contributed by atoms with Gasteiger partial charge in [-0.3, -0.25) is 0 Å². The summed E-state index contributed by atoms with van der Waals surface area (Å²) < 4.78 is 4.55. The maximum atomic E-state index is 4.81. The number of aliphatic imine (C=N–C) groups is 1. The molecule has 0 amide bonds. The first-order valence-corrected chi connectivity index (χ1v) is 1.85. The van der Waals surface area contributed by atoms with Gasteiger partial charge in [-0.2, -0.15) is 0 Å². The van der Waals surface area contributed by atoms with Crippen LogP contribution in [0.2, 0.25) is 0 Å². The van der Waals surface area contributed by atoms with Crippen molar-refractivity contribution in [1.82, 2.24) is 11.6 Å². The highest BCUT2D eigenvalue weighted by atomic mass is 16.5. The second kappa shape index (κ2) is 9.61. The zero-order valence-corrected chi connectivity index (χ0v) is 4.92. The van der Waals surface area contributed by atoms with Crippen molar-refractivity contribution < 1.29 is 4.74 Å². The molecule has 0 bridgehead atoms. The molecule has 6 N–H and O–H groups in total. The maximum Gasteiger partial charge on any atom is 0.138 e. The molecule has 0 radical (unpaired) electrons. The van der Waals surface area contributed by atoms with E-state index < -0.39 is 0 Å². The molecule has 50 valence electrons. The fraction of sp³-hybridized carbons (Fsp3) is 0.667. The summed E-state index contributed by atoms with van der Waals surface area (Å²) >= 11 is 0. The summed E-state index contributed by atoms with van der Waals surface area (Å²) in [4.78, 5) is 3.62. The number of methoxy groups -OCH3 is 1. The van der Waals surface area contributed by atoms with Crippen molar-refractivity contribution in [1.29, 1.82) is 0 Å². The van der Waals surface area contributed by atoms with Crippen LogP contribution < -0.4 is 17.4 Å². The summed E-state index contributed by atoms with van der Waals surface area (Å²) in [5.74, 6) is 4.81. The van der Waals surface area contributed by atoms with Gasteiger partial charge in [0.1, 0.15) is 6.73 Å². The number of hydrazine groups is 1. The highest BCUT2D eigenvalue weighted by molar-refractivity contribution is 5.52. The van der Waals surface area contributed by atoms with Gasteiger partial charge < -0.3 is 16.3 Å². The van der Waals surface area contributed by atoms with Crippen LogP contribution in [0.15, 0.2) is 4.99 Å². The average Bonchev–Trinajstić information content (AvgIpc) is 1.69. The summed E-state index contributed by atoms with van der Waals surface area (Å²) in [5, 5.41) is 0. The summed E-state index contributed by atoms with van der Waals surface area (Å²) in [6, 6.07) is 0. The lowest BCUT2D eigenvalue weighted by atomic mass is 11.2. The first kappa shape index (κ1) is 10.4. The Kier molecular flexibility index (Phi) is 12.4. The number of nitrogens with one attached hydrogen (secondary N) is 1. The molecule has 0 aliphatic heterocycles. The third kappa shape index (κ3) is 9.02. The molecule has 5 nitrogen and oxygen atoms in total. The smallest absolute Gasteiger partial charge is 0.138 e. The molecule has 0 unspecified atom stereocenters. The van der Waals surface area contributed by atoms with E-state index in [0.717, 1.165) is 0 Å². The van der Waals surface area contributed by atoms with Crippen molar-refractivity contribution in [2.45, 2.75) is 0 Å². The van der Waals surface area contributed by atoms with E-state index in [2.05, 4.69) is 15.2 Å². The van der Waals surface area contributed by atoms with E-state index in [1.807, 2.05) is 0 Å². The van der Waals surface area contributed by atoms with Gasteiger partial charge in [0.05, 0.1) is 6.34 Å². The molecule has 5 heteroatoms. The molecule has 0 aliphatic rings. The largest absolute Gasteiger partial charge is 0.362 e. The fourth-order valence-corrected chi connectivity index (χ4v) is 0.165. The van der Waals surface area contributed by atoms with E-state index in [4.69, 9.17) is 5.84 Å². The SMILES string of the molecule is COC/N=C/NN.N. The normalized spacial score (nSPS) is 8.75. The molecule has 0 aromatic rings. The Morgan fingerprint density at radius 2 is 2.50 bits per heavy atom. The summed E-state index contributed by atoms with van der Waals surface area (Å²) in [7, 11) is 1.56. The molecule has 0 fully saturated rings. The van der Waals surface area contributed by atoms with Crippen molar-refractivity contribution >= 4 is 6.34 Å². The number of nitrogens with two attached hydrogens (primary N) is 1. The van der Waals surface area contributed by atoms with Crippen LogP contribution in [0.25, 0.3) is 0 Å². The highest BCUT2D eigenvalue weighted by Gasteiger charge is 1.64. The first-order chi connectivity index (χ1) is 3.41. The molecule has 0 saturated heterocycles. The van der Waals surface area contributed by atoms with Gasteiger partial charge >= 0.3 is 0 Å². The van der Waals surface area contributed by atoms with Crippen LogP contribution in [0, 0.1) is 0 Å². The Hall–Kier alpha value is -0.650. The van der Waals surface area contributed by atoms with E-state index in [0.29, 0.717) is 6.73 Å². The first-order valence-electron chi connectivity index (χ1n) is 1.85. The van der Waals surface area contributed by atoms with Gasteiger partial charge in [-0.15, -0.1) is 0 Å². The predicted molar refractivity (Wildman–Crippen MR) is 32.7 cm³/mol. The summed E-state index contributed by atoms with van der Waals surface area (Å²) in [5.41, 5.74) is 2.23. The molecule has 8 heavy (non-hydrogen) atoms. The van der Waals surface area contributed by atoms with E-state index in [-0.39, 0.29) is 6.15 Å². The Labute approximate surface area is 48.5 Å². The van der Waals surface area contributed by atoms with Crippen LogP contribution in [0.1, 0.15) is 0 Å². The van der Waals surface area contributed by atoms with Crippen molar-refractivity contribution in [3.8, 4) is 0 Å². The molecule has 0 rings (SSSR count). The van der Waals surface area contributed by atoms with E-state index in [1.54, 1.807) is 7.11 Å². The van der Waals surface area contributed by atoms with Gasteiger partial charge in [0.2, 0.25) is 0 Å². The monoisotopic (exact) mass is 120 g/mol. The molecule has 0 saturated carbocycles. The van der Waals surface area contributed by atoms with Gasteiger partial charge in [-0.1, -0.05) is 0 Å². The molecule has 0 aromatic heterocycles. The number of hydrogen-bond donors (Lipinski definition) is 3. The standard InChI is InChI=1S/C3H9N3O.H3N/c1-7-3-5-2-6-4;/h2H,3-4H2,1H3,(H,5,6);1H3. The predicted octanol–water partition coefficient (Wildman–Crippen LogP) is -0.756. The van der Waals surface area contributed by atoms with Crippen LogP contribution in [0.4, 0.5) is 0 Å². The lowest BCUT2D eigenvalue weighted by Gasteiger charge is -1.86. The zero-order valence-electron chi connectivity index (χ0n) is 4.92. The molecule has 0 aliphatic carbocycles. The fourth-order valence-electron chi connectivity index (χ4n) is 0.165.